The number of thiazole rings is 1. The SMILES string of the molecule is FC(F)(F)c1cc(C(F)(F)F)c2sc(C(=S)NCc3ccco3)nc2c1. The first-order chi connectivity index (χ1) is 12.1. The molecule has 0 bridgehead atoms. The summed E-state index contributed by atoms with van der Waals surface area (Å²) >= 11 is 5.65. The third-order valence-electron chi connectivity index (χ3n) is 3.32. The number of nitrogens with one attached hydrogen (secondary N) is 1. The number of thiocarbonyl (C=S) groups is 1. The van der Waals surface area contributed by atoms with E-state index in [0.717, 1.165) is 0 Å². The van der Waals surface area contributed by atoms with Crippen molar-refractivity contribution in [2.75, 3.05) is 0 Å². The highest BCUT2D eigenvalue weighted by atomic mass is 32.1. The fraction of sp³-hybridized carbons (Fsp3) is 0.200. The zero-order valence-electron chi connectivity index (χ0n) is 12.5. The average Bonchev–Trinajstić information content (AvgIpc) is 3.18. The van der Waals surface area contributed by atoms with Crippen LogP contribution < -0.4 is 5.32 Å². The number of nitrogens with zero attached hydrogens (tertiary/aromatic N) is 1. The molecule has 0 saturated heterocycles. The molecule has 0 aliphatic carbocycles. The van der Waals surface area contributed by atoms with Gasteiger partial charge in [-0.15, -0.1) is 11.3 Å². The molecule has 0 spiro atoms. The smallest absolute Gasteiger partial charge is 0.417 e. The molecule has 11 heteroatoms. The van der Waals surface area contributed by atoms with Crippen LogP contribution in [0, 0.1) is 0 Å². The Morgan fingerprint density at radius 2 is 1.88 bits per heavy atom. The molecular weight excluding hydrogens is 402 g/mol. The van der Waals surface area contributed by atoms with E-state index in [1.165, 1.54) is 6.26 Å². The molecule has 3 nitrogen and oxygen atoms in total. The maximum atomic E-state index is 13.2. The lowest BCUT2D eigenvalue weighted by atomic mass is 10.1. The van der Waals surface area contributed by atoms with E-state index in [1.807, 2.05) is 0 Å². The van der Waals surface area contributed by atoms with Crippen molar-refractivity contribution in [1.82, 2.24) is 10.3 Å². The number of hydrogen-bond acceptors (Lipinski definition) is 4. The Balaban J connectivity index is 2.00. The Labute approximate surface area is 151 Å². The van der Waals surface area contributed by atoms with Gasteiger partial charge in [0.15, 0.2) is 5.01 Å². The number of halogens is 6. The third kappa shape index (κ3) is 3.83. The van der Waals surface area contributed by atoms with Gasteiger partial charge in [-0.1, -0.05) is 12.2 Å². The minimum Gasteiger partial charge on any atom is -0.467 e. The molecule has 0 saturated carbocycles. The molecule has 138 valence electrons. The van der Waals surface area contributed by atoms with Crippen LogP contribution >= 0.6 is 23.6 Å². The van der Waals surface area contributed by atoms with Crippen molar-refractivity contribution in [2.24, 2.45) is 0 Å². The Kier molecular flexibility index (Phi) is 4.69. The predicted octanol–water partition coefficient (Wildman–Crippen LogP) is 5.39. The molecular formula is C15H8F6N2OS2. The van der Waals surface area contributed by atoms with Crippen LogP contribution in [0.15, 0.2) is 34.9 Å². The average molecular weight is 410 g/mol. The summed E-state index contributed by atoms with van der Waals surface area (Å²) in [6.07, 6.45) is -8.44. The molecule has 0 aliphatic heterocycles. The molecule has 0 radical (unpaired) electrons. The molecule has 2 heterocycles. The summed E-state index contributed by atoms with van der Waals surface area (Å²) in [6.45, 7) is 0.168. The number of benzene rings is 1. The topological polar surface area (TPSA) is 38.1 Å². The second-order valence-corrected chi connectivity index (χ2v) is 6.56. The molecule has 26 heavy (non-hydrogen) atoms. The van der Waals surface area contributed by atoms with E-state index in [4.69, 9.17) is 16.6 Å². The maximum absolute atomic E-state index is 13.2. The lowest BCUT2D eigenvalue weighted by molar-refractivity contribution is -0.142. The van der Waals surface area contributed by atoms with Crippen LogP contribution in [0.5, 0.6) is 0 Å². The van der Waals surface area contributed by atoms with Gasteiger partial charge in [0.05, 0.1) is 34.2 Å². The fourth-order valence-electron chi connectivity index (χ4n) is 2.16. The number of hydrogen-bond donors (Lipinski definition) is 1. The number of fused-ring (bicyclic) bond motifs is 1. The minimum atomic E-state index is -4.95. The van der Waals surface area contributed by atoms with Gasteiger partial charge >= 0.3 is 12.4 Å². The van der Waals surface area contributed by atoms with Crippen molar-refractivity contribution in [2.45, 2.75) is 18.9 Å². The third-order valence-corrected chi connectivity index (χ3v) is 4.91. The standard InChI is InChI=1S/C15H8F6N2OS2/c16-14(17,18)7-4-9(15(19,20)21)11-10(5-7)23-13(26-11)12(25)22-6-8-2-1-3-24-8/h1-5H,6H2,(H,22,25). The Morgan fingerprint density at radius 3 is 2.46 bits per heavy atom. The van der Waals surface area contributed by atoms with Crippen molar-refractivity contribution in [1.29, 1.82) is 0 Å². The molecule has 0 fully saturated rings. The first-order valence-electron chi connectivity index (χ1n) is 6.95. The van der Waals surface area contributed by atoms with Crippen LogP contribution in [0.4, 0.5) is 26.3 Å². The van der Waals surface area contributed by atoms with E-state index < -0.39 is 33.7 Å². The second kappa shape index (κ2) is 6.54. The van der Waals surface area contributed by atoms with Gasteiger partial charge in [0.1, 0.15) is 10.7 Å². The largest absolute Gasteiger partial charge is 0.467 e. The summed E-state index contributed by atoms with van der Waals surface area (Å²) in [5, 5.41) is 2.74. The summed E-state index contributed by atoms with van der Waals surface area (Å²) < 4.78 is 82.9. The van der Waals surface area contributed by atoms with Gasteiger partial charge in [-0.3, -0.25) is 0 Å². The van der Waals surface area contributed by atoms with E-state index >= 15 is 0 Å². The summed E-state index contributed by atoms with van der Waals surface area (Å²) in [4.78, 5) is 3.86. The van der Waals surface area contributed by atoms with Gasteiger partial charge in [0.2, 0.25) is 0 Å². The van der Waals surface area contributed by atoms with Crippen LogP contribution in [0.25, 0.3) is 10.2 Å². The van der Waals surface area contributed by atoms with E-state index in [9.17, 15) is 26.3 Å². The van der Waals surface area contributed by atoms with Gasteiger partial charge in [0.25, 0.3) is 0 Å². The van der Waals surface area contributed by atoms with Crippen molar-refractivity contribution in [3.05, 3.63) is 52.4 Å². The van der Waals surface area contributed by atoms with Gasteiger partial charge in [0, 0.05) is 0 Å². The van der Waals surface area contributed by atoms with Gasteiger partial charge in [-0.05, 0) is 24.3 Å². The quantitative estimate of drug-likeness (QED) is 0.464. The summed E-state index contributed by atoms with van der Waals surface area (Å²) in [7, 11) is 0. The molecule has 1 N–H and O–H groups in total. The molecule has 0 atom stereocenters. The predicted molar refractivity (Wildman–Crippen MR) is 86.9 cm³/mol. The molecule has 0 amide bonds. The van der Waals surface area contributed by atoms with E-state index in [2.05, 4.69) is 10.3 Å². The lowest BCUT2D eigenvalue weighted by Crippen LogP contribution is -2.21. The van der Waals surface area contributed by atoms with Gasteiger partial charge in [-0.2, -0.15) is 26.3 Å². The van der Waals surface area contributed by atoms with Crippen molar-refractivity contribution >= 4 is 38.8 Å². The zero-order valence-corrected chi connectivity index (χ0v) is 14.2. The molecule has 2 aromatic heterocycles. The highest BCUT2D eigenvalue weighted by molar-refractivity contribution is 7.81. The summed E-state index contributed by atoms with van der Waals surface area (Å²) in [6, 6.07) is 3.97. The zero-order chi connectivity index (χ0) is 19.1. The highest BCUT2D eigenvalue weighted by Gasteiger charge is 2.39. The monoisotopic (exact) mass is 410 g/mol. The highest BCUT2D eigenvalue weighted by Crippen LogP contribution is 2.41. The van der Waals surface area contributed by atoms with E-state index in [-0.39, 0.29) is 22.6 Å². The molecule has 0 aliphatic rings. The molecule has 1 aromatic carbocycles. The maximum Gasteiger partial charge on any atom is 0.417 e. The van der Waals surface area contributed by atoms with Crippen LogP contribution in [-0.2, 0) is 18.9 Å². The minimum absolute atomic E-state index is 0.00798. The van der Waals surface area contributed by atoms with Crippen LogP contribution in [-0.4, -0.2) is 9.97 Å². The normalized spacial score (nSPS) is 12.5. The molecule has 3 aromatic rings. The van der Waals surface area contributed by atoms with Gasteiger partial charge in [-0.25, -0.2) is 4.98 Å². The van der Waals surface area contributed by atoms with Crippen LogP contribution in [0.2, 0.25) is 0 Å². The van der Waals surface area contributed by atoms with Gasteiger partial charge < -0.3 is 9.73 Å². The summed E-state index contributed by atoms with van der Waals surface area (Å²) in [5.41, 5.74) is -3.21. The molecule has 0 unspecified atom stereocenters. The lowest BCUT2D eigenvalue weighted by Gasteiger charge is -2.11. The number of alkyl halides is 6. The number of furan rings is 1. The number of rotatable bonds is 3. The molecule has 3 rings (SSSR count). The first-order valence-corrected chi connectivity index (χ1v) is 8.18. The Morgan fingerprint density at radius 1 is 1.15 bits per heavy atom. The van der Waals surface area contributed by atoms with Crippen LogP contribution in [0.3, 0.4) is 0 Å². The first kappa shape index (κ1) is 18.6. The van der Waals surface area contributed by atoms with E-state index in [0.29, 0.717) is 23.2 Å². The number of aromatic nitrogens is 1. The fourth-order valence-corrected chi connectivity index (χ4v) is 3.40. The second-order valence-electron chi connectivity index (χ2n) is 5.15. The van der Waals surface area contributed by atoms with Crippen molar-refractivity contribution in [3.63, 3.8) is 0 Å². The van der Waals surface area contributed by atoms with E-state index in [1.54, 1.807) is 12.1 Å². The Bertz CT molecular complexity index is 944. The van der Waals surface area contributed by atoms with Crippen molar-refractivity contribution in [3.8, 4) is 0 Å². The van der Waals surface area contributed by atoms with Crippen molar-refractivity contribution < 1.29 is 30.8 Å². The van der Waals surface area contributed by atoms with Crippen LogP contribution in [0.1, 0.15) is 21.9 Å². The Hall–Kier alpha value is -2.14. The summed E-state index contributed by atoms with van der Waals surface area (Å²) in [5.74, 6) is 0.531.